The van der Waals surface area contributed by atoms with E-state index in [9.17, 15) is 13.6 Å². The molecule has 5 heteroatoms. The standard InChI is InChI=1S/C8H5ClF2O2/c9-3-6(12)4-1-2-5(10)7(11)8(4)13/h1-2,13H,3H2. The third-order valence-corrected chi connectivity index (χ3v) is 1.73. The van der Waals surface area contributed by atoms with Crippen LogP contribution in [0.15, 0.2) is 12.1 Å². The van der Waals surface area contributed by atoms with Crippen molar-refractivity contribution in [2.24, 2.45) is 0 Å². The van der Waals surface area contributed by atoms with E-state index < -0.39 is 29.0 Å². The second-order valence-corrected chi connectivity index (χ2v) is 2.58. The molecule has 0 aliphatic rings. The van der Waals surface area contributed by atoms with Crippen molar-refractivity contribution in [1.29, 1.82) is 0 Å². The first-order valence-corrected chi connectivity index (χ1v) is 3.87. The van der Waals surface area contributed by atoms with Gasteiger partial charge in [0, 0.05) is 0 Å². The molecule has 0 fully saturated rings. The number of Topliss-reactive ketones (excluding diaryl/α,β-unsaturated/α-hetero) is 1. The zero-order chi connectivity index (χ0) is 10.0. The van der Waals surface area contributed by atoms with Gasteiger partial charge in [-0.25, -0.2) is 4.39 Å². The highest BCUT2D eigenvalue weighted by molar-refractivity contribution is 6.30. The number of halogens is 3. The van der Waals surface area contributed by atoms with Gasteiger partial charge in [0.2, 0.25) is 5.82 Å². The largest absolute Gasteiger partial charge is 0.504 e. The molecule has 13 heavy (non-hydrogen) atoms. The van der Waals surface area contributed by atoms with Gasteiger partial charge in [0.25, 0.3) is 0 Å². The van der Waals surface area contributed by atoms with Crippen LogP contribution in [0.2, 0.25) is 0 Å². The van der Waals surface area contributed by atoms with E-state index in [1.165, 1.54) is 0 Å². The highest BCUT2D eigenvalue weighted by Crippen LogP contribution is 2.23. The third-order valence-electron chi connectivity index (χ3n) is 1.49. The molecule has 1 N–H and O–H groups in total. The van der Waals surface area contributed by atoms with Crippen molar-refractivity contribution in [3.05, 3.63) is 29.3 Å². The molecule has 0 aromatic heterocycles. The normalized spacial score (nSPS) is 10.1. The summed E-state index contributed by atoms with van der Waals surface area (Å²) in [5.41, 5.74) is -0.311. The number of phenols is 1. The summed E-state index contributed by atoms with van der Waals surface area (Å²) in [5, 5.41) is 8.99. The summed E-state index contributed by atoms with van der Waals surface area (Å²) in [5.74, 6) is -4.68. The summed E-state index contributed by atoms with van der Waals surface area (Å²) in [6.45, 7) is 0. The van der Waals surface area contributed by atoms with Gasteiger partial charge in [-0.1, -0.05) is 0 Å². The molecule has 1 rings (SSSR count). The number of hydrogen-bond donors (Lipinski definition) is 1. The van der Waals surface area contributed by atoms with Crippen LogP contribution in [0.25, 0.3) is 0 Å². The number of alkyl halides is 1. The van der Waals surface area contributed by atoms with Gasteiger partial charge in [-0.05, 0) is 12.1 Å². The lowest BCUT2D eigenvalue weighted by Gasteiger charge is -2.02. The lowest BCUT2D eigenvalue weighted by Crippen LogP contribution is -2.02. The molecule has 0 aliphatic carbocycles. The van der Waals surface area contributed by atoms with Gasteiger partial charge >= 0.3 is 0 Å². The fraction of sp³-hybridized carbons (Fsp3) is 0.125. The first kappa shape index (κ1) is 9.92. The number of ketones is 1. The Hall–Kier alpha value is -1.16. The highest BCUT2D eigenvalue weighted by Gasteiger charge is 2.16. The van der Waals surface area contributed by atoms with Gasteiger partial charge in [0.05, 0.1) is 11.4 Å². The molecule has 0 bridgehead atoms. The first-order chi connectivity index (χ1) is 6.07. The molecule has 0 heterocycles. The molecule has 70 valence electrons. The van der Waals surface area contributed by atoms with Crippen LogP contribution in [0.1, 0.15) is 10.4 Å². The Morgan fingerprint density at radius 1 is 1.46 bits per heavy atom. The lowest BCUT2D eigenvalue weighted by atomic mass is 10.1. The topological polar surface area (TPSA) is 37.3 Å². The Balaban J connectivity index is 3.26. The van der Waals surface area contributed by atoms with Crippen LogP contribution in [0.4, 0.5) is 8.78 Å². The first-order valence-electron chi connectivity index (χ1n) is 3.34. The zero-order valence-electron chi connectivity index (χ0n) is 6.35. The average Bonchev–Trinajstić information content (AvgIpc) is 2.13. The van der Waals surface area contributed by atoms with Gasteiger partial charge in [0.1, 0.15) is 0 Å². The number of carbonyl (C=O) groups is 1. The molecule has 0 unspecified atom stereocenters. The van der Waals surface area contributed by atoms with Gasteiger partial charge in [0.15, 0.2) is 17.3 Å². The van der Waals surface area contributed by atoms with Crippen LogP contribution in [0.3, 0.4) is 0 Å². The summed E-state index contributed by atoms with van der Waals surface area (Å²) in [6, 6.07) is 1.74. The highest BCUT2D eigenvalue weighted by atomic mass is 35.5. The van der Waals surface area contributed by atoms with Crippen molar-refractivity contribution < 1.29 is 18.7 Å². The Bertz CT molecular complexity index is 352. The van der Waals surface area contributed by atoms with E-state index in [0.29, 0.717) is 0 Å². The molecule has 0 radical (unpaired) electrons. The average molecular weight is 207 g/mol. The maximum Gasteiger partial charge on any atom is 0.201 e. The van der Waals surface area contributed by atoms with E-state index >= 15 is 0 Å². The van der Waals surface area contributed by atoms with Crippen LogP contribution in [-0.4, -0.2) is 16.8 Å². The van der Waals surface area contributed by atoms with Gasteiger partial charge in [-0.3, -0.25) is 4.79 Å². The molecule has 1 aromatic rings. The predicted molar refractivity (Wildman–Crippen MR) is 43.1 cm³/mol. The number of benzene rings is 1. The minimum atomic E-state index is -1.43. The van der Waals surface area contributed by atoms with Crippen molar-refractivity contribution in [1.82, 2.24) is 0 Å². The molecule has 0 aliphatic heterocycles. The fourth-order valence-corrected chi connectivity index (χ4v) is 0.981. The number of rotatable bonds is 2. The van der Waals surface area contributed by atoms with E-state index in [-0.39, 0.29) is 5.56 Å². The molecule has 0 atom stereocenters. The number of hydrogen-bond acceptors (Lipinski definition) is 2. The monoisotopic (exact) mass is 206 g/mol. The van der Waals surface area contributed by atoms with Crippen LogP contribution in [-0.2, 0) is 0 Å². The summed E-state index contributed by atoms with van der Waals surface area (Å²) >= 11 is 5.17. The summed E-state index contributed by atoms with van der Waals surface area (Å²) in [7, 11) is 0. The van der Waals surface area contributed by atoms with Gasteiger partial charge < -0.3 is 5.11 Å². The van der Waals surface area contributed by atoms with E-state index in [0.717, 1.165) is 12.1 Å². The van der Waals surface area contributed by atoms with Gasteiger partial charge in [-0.2, -0.15) is 4.39 Å². The second kappa shape index (κ2) is 3.70. The van der Waals surface area contributed by atoms with E-state index in [1.807, 2.05) is 0 Å². The quantitative estimate of drug-likeness (QED) is 0.594. The number of aromatic hydroxyl groups is 1. The van der Waals surface area contributed by atoms with E-state index in [4.69, 9.17) is 16.7 Å². The molecule has 1 aromatic carbocycles. The fourth-order valence-electron chi connectivity index (χ4n) is 0.837. The summed E-state index contributed by atoms with van der Waals surface area (Å²) in [4.78, 5) is 10.9. The Kier molecular flexibility index (Phi) is 2.83. The van der Waals surface area contributed by atoms with E-state index in [2.05, 4.69) is 0 Å². The van der Waals surface area contributed by atoms with Crippen molar-refractivity contribution in [2.45, 2.75) is 0 Å². The van der Waals surface area contributed by atoms with Gasteiger partial charge in [-0.15, -0.1) is 11.6 Å². The van der Waals surface area contributed by atoms with Crippen molar-refractivity contribution in [2.75, 3.05) is 5.88 Å². The van der Waals surface area contributed by atoms with Crippen LogP contribution in [0.5, 0.6) is 5.75 Å². The Morgan fingerprint density at radius 3 is 2.62 bits per heavy atom. The molecule has 0 saturated heterocycles. The van der Waals surface area contributed by atoms with Crippen LogP contribution < -0.4 is 0 Å². The van der Waals surface area contributed by atoms with Crippen LogP contribution >= 0.6 is 11.6 Å². The molecule has 0 amide bonds. The lowest BCUT2D eigenvalue weighted by molar-refractivity contribution is 0.101. The number of phenolic OH excluding ortho intramolecular Hbond substituents is 1. The molecular formula is C8H5ClF2O2. The van der Waals surface area contributed by atoms with Crippen molar-refractivity contribution in [3.63, 3.8) is 0 Å². The molecule has 0 spiro atoms. The minimum absolute atomic E-state index is 0.311. The maximum absolute atomic E-state index is 12.7. The maximum atomic E-state index is 12.7. The second-order valence-electron chi connectivity index (χ2n) is 2.31. The molecular weight excluding hydrogens is 202 g/mol. The number of carbonyl (C=O) groups excluding carboxylic acids is 1. The predicted octanol–water partition coefficient (Wildman–Crippen LogP) is 2.09. The van der Waals surface area contributed by atoms with Crippen molar-refractivity contribution >= 4 is 17.4 Å². The van der Waals surface area contributed by atoms with E-state index in [1.54, 1.807) is 0 Å². The summed E-state index contributed by atoms with van der Waals surface area (Å²) in [6.07, 6.45) is 0. The zero-order valence-corrected chi connectivity index (χ0v) is 7.11. The Morgan fingerprint density at radius 2 is 2.08 bits per heavy atom. The minimum Gasteiger partial charge on any atom is -0.504 e. The Labute approximate surface area is 77.8 Å². The summed E-state index contributed by atoms with van der Waals surface area (Å²) < 4.78 is 25.1. The SMILES string of the molecule is O=C(CCl)c1ccc(F)c(F)c1O. The van der Waals surface area contributed by atoms with Crippen molar-refractivity contribution in [3.8, 4) is 5.75 Å². The molecule has 0 saturated carbocycles. The third kappa shape index (κ3) is 1.78. The molecule has 2 nitrogen and oxygen atoms in total. The van der Waals surface area contributed by atoms with Crippen LogP contribution in [0, 0.1) is 11.6 Å². The smallest absolute Gasteiger partial charge is 0.201 e.